The first-order valence-electron chi connectivity index (χ1n) is 6.16. The van der Waals surface area contributed by atoms with Crippen LogP contribution in [0.5, 0.6) is 0 Å². The SMILES string of the molecule is CC1CC(=O)C(C(=O)C2CCC2)C(C)C1. The van der Waals surface area contributed by atoms with Crippen LogP contribution in [-0.4, -0.2) is 11.6 Å². The summed E-state index contributed by atoms with van der Waals surface area (Å²) >= 11 is 0. The van der Waals surface area contributed by atoms with Gasteiger partial charge in [0.15, 0.2) is 0 Å². The molecule has 0 radical (unpaired) electrons. The Morgan fingerprint density at radius 3 is 2.40 bits per heavy atom. The van der Waals surface area contributed by atoms with Crippen molar-refractivity contribution in [3.8, 4) is 0 Å². The molecule has 2 saturated carbocycles. The van der Waals surface area contributed by atoms with Gasteiger partial charge in [-0.05, 0) is 31.1 Å². The Morgan fingerprint density at radius 1 is 1.27 bits per heavy atom. The topological polar surface area (TPSA) is 34.1 Å². The third kappa shape index (κ3) is 1.99. The van der Waals surface area contributed by atoms with Crippen molar-refractivity contribution in [2.75, 3.05) is 0 Å². The minimum absolute atomic E-state index is 0.207. The molecular formula is C13H20O2. The predicted octanol–water partition coefficient (Wildman–Crippen LogP) is 2.61. The van der Waals surface area contributed by atoms with Crippen molar-refractivity contribution in [2.45, 2.75) is 46.0 Å². The molecule has 0 saturated heterocycles. The molecule has 0 bridgehead atoms. The van der Waals surface area contributed by atoms with E-state index in [0.29, 0.717) is 12.3 Å². The summed E-state index contributed by atoms with van der Waals surface area (Å²) in [6, 6.07) is 0. The zero-order valence-electron chi connectivity index (χ0n) is 9.66. The molecule has 3 unspecified atom stereocenters. The lowest BCUT2D eigenvalue weighted by molar-refractivity contribution is -0.141. The van der Waals surface area contributed by atoms with Gasteiger partial charge in [0, 0.05) is 12.3 Å². The normalized spacial score (nSPS) is 37.5. The van der Waals surface area contributed by atoms with Crippen LogP contribution in [0, 0.1) is 23.7 Å². The molecule has 0 aliphatic heterocycles. The third-order valence-corrected chi connectivity index (χ3v) is 4.05. The van der Waals surface area contributed by atoms with Gasteiger partial charge in [0.05, 0.1) is 5.92 Å². The van der Waals surface area contributed by atoms with E-state index in [1.54, 1.807) is 0 Å². The maximum atomic E-state index is 12.1. The Balaban J connectivity index is 2.06. The highest BCUT2D eigenvalue weighted by Gasteiger charge is 2.41. The fourth-order valence-electron chi connectivity index (χ4n) is 3.03. The summed E-state index contributed by atoms with van der Waals surface area (Å²) in [5, 5.41) is 0. The minimum Gasteiger partial charge on any atom is -0.299 e. The average molecular weight is 208 g/mol. The van der Waals surface area contributed by atoms with E-state index >= 15 is 0 Å². The van der Waals surface area contributed by atoms with E-state index in [-0.39, 0.29) is 29.3 Å². The average Bonchev–Trinajstić information content (AvgIpc) is 1.97. The molecule has 3 atom stereocenters. The fourth-order valence-corrected chi connectivity index (χ4v) is 3.03. The van der Waals surface area contributed by atoms with Crippen molar-refractivity contribution in [1.29, 1.82) is 0 Å². The van der Waals surface area contributed by atoms with Crippen molar-refractivity contribution in [3.05, 3.63) is 0 Å². The number of Topliss-reactive ketones (excluding diaryl/α,β-unsaturated/α-hetero) is 2. The molecule has 0 heterocycles. The molecule has 0 aromatic carbocycles. The van der Waals surface area contributed by atoms with E-state index in [1.807, 2.05) is 0 Å². The number of carbonyl (C=O) groups excluding carboxylic acids is 2. The van der Waals surface area contributed by atoms with Gasteiger partial charge in [0.25, 0.3) is 0 Å². The van der Waals surface area contributed by atoms with Crippen LogP contribution in [0.3, 0.4) is 0 Å². The molecule has 2 aliphatic carbocycles. The van der Waals surface area contributed by atoms with E-state index in [9.17, 15) is 9.59 Å². The quantitative estimate of drug-likeness (QED) is 0.654. The Morgan fingerprint density at radius 2 is 1.93 bits per heavy atom. The highest BCUT2D eigenvalue weighted by atomic mass is 16.2. The predicted molar refractivity (Wildman–Crippen MR) is 58.4 cm³/mol. The lowest BCUT2D eigenvalue weighted by atomic mass is 9.67. The van der Waals surface area contributed by atoms with Crippen molar-refractivity contribution < 1.29 is 9.59 Å². The first-order chi connectivity index (χ1) is 7.09. The van der Waals surface area contributed by atoms with Crippen LogP contribution in [0.4, 0.5) is 0 Å². The van der Waals surface area contributed by atoms with E-state index in [4.69, 9.17) is 0 Å². The second-order valence-electron chi connectivity index (χ2n) is 5.50. The highest BCUT2D eigenvalue weighted by molar-refractivity contribution is 6.04. The van der Waals surface area contributed by atoms with Crippen LogP contribution in [0.2, 0.25) is 0 Å². The van der Waals surface area contributed by atoms with Gasteiger partial charge in [-0.25, -0.2) is 0 Å². The number of carbonyl (C=O) groups is 2. The Bertz CT molecular complexity index is 278. The van der Waals surface area contributed by atoms with Gasteiger partial charge in [-0.2, -0.15) is 0 Å². The standard InChI is InChI=1S/C13H20O2/c1-8-6-9(2)12(11(14)7-8)13(15)10-4-3-5-10/h8-10,12H,3-7H2,1-2H3. The monoisotopic (exact) mass is 208 g/mol. The molecule has 0 amide bonds. The lowest BCUT2D eigenvalue weighted by Crippen LogP contribution is -2.41. The molecule has 2 heteroatoms. The first kappa shape index (κ1) is 10.8. The lowest BCUT2D eigenvalue weighted by Gasteiger charge is -2.35. The molecule has 2 fully saturated rings. The Kier molecular flexibility index (Phi) is 2.94. The van der Waals surface area contributed by atoms with E-state index in [0.717, 1.165) is 19.3 Å². The number of hydrogen-bond donors (Lipinski definition) is 0. The maximum Gasteiger partial charge on any atom is 0.146 e. The highest BCUT2D eigenvalue weighted by Crippen LogP contribution is 2.37. The number of rotatable bonds is 2. The Labute approximate surface area is 91.4 Å². The summed E-state index contributed by atoms with van der Waals surface area (Å²) in [5.41, 5.74) is 0. The van der Waals surface area contributed by atoms with Crippen LogP contribution in [0.15, 0.2) is 0 Å². The van der Waals surface area contributed by atoms with Crippen LogP contribution in [0.25, 0.3) is 0 Å². The molecule has 2 aliphatic rings. The molecular weight excluding hydrogens is 188 g/mol. The molecule has 2 nitrogen and oxygen atoms in total. The van der Waals surface area contributed by atoms with Crippen LogP contribution in [0.1, 0.15) is 46.0 Å². The van der Waals surface area contributed by atoms with Gasteiger partial charge in [0.1, 0.15) is 11.6 Å². The molecule has 0 N–H and O–H groups in total. The summed E-state index contributed by atoms with van der Waals surface area (Å²) in [4.78, 5) is 24.0. The molecule has 0 spiro atoms. The molecule has 2 rings (SSSR count). The largest absolute Gasteiger partial charge is 0.299 e. The number of hydrogen-bond acceptors (Lipinski definition) is 2. The second-order valence-corrected chi connectivity index (χ2v) is 5.50. The molecule has 0 aromatic heterocycles. The summed E-state index contributed by atoms with van der Waals surface area (Å²) in [6.07, 6.45) is 4.86. The minimum atomic E-state index is -0.258. The first-order valence-corrected chi connectivity index (χ1v) is 6.16. The Hall–Kier alpha value is -0.660. The van der Waals surface area contributed by atoms with Crippen molar-refractivity contribution in [3.63, 3.8) is 0 Å². The van der Waals surface area contributed by atoms with Crippen molar-refractivity contribution >= 4 is 11.6 Å². The summed E-state index contributed by atoms with van der Waals surface area (Å²) in [7, 11) is 0. The van der Waals surface area contributed by atoms with Gasteiger partial charge in [-0.3, -0.25) is 9.59 Å². The maximum absolute atomic E-state index is 12.1. The van der Waals surface area contributed by atoms with Crippen molar-refractivity contribution in [2.24, 2.45) is 23.7 Å². The summed E-state index contributed by atoms with van der Waals surface area (Å²) < 4.78 is 0. The van der Waals surface area contributed by atoms with E-state index in [2.05, 4.69) is 13.8 Å². The summed E-state index contributed by atoms with van der Waals surface area (Å²) in [6.45, 7) is 4.17. The van der Waals surface area contributed by atoms with Gasteiger partial charge in [0.2, 0.25) is 0 Å². The van der Waals surface area contributed by atoms with Gasteiger partial charge in [-0.1, -0.05) is 20.3 Å². The zero-order valence-corrected chi connectivity index (χ0v) is 9.66. The second kappa shape index (κ2) is 4.07. The van der Waals surface area contributed by atoms with E-state index < -0.39 is 0 Å². The van der Waals surface area contributed by atoms with Crippen molar-refractivity contribution in [1.82, 2.24) is 0 Å². The molecule has 0 aromatic rings. The van der Waals surface area contributed by atoms with Gasteiger partial charge in [-0.15, -0.1) is 0 Å². The smallest absolute Gasteiger partial charge is 0.146 e. The summed E-state index contributed by atoms with van der Waals surface area (Å²) in [5.74, 6) is 1.16. The fraction of sp³-hybridized carbons (Fsp3) is 0.846. The zero-order chi connectivity index (χ0) is 11.0. The van der Waals surface area contributed by atoms with E-state index in [1.165, 1.54) is 6.42 Å². The molecule has 84 valence electrons. The number of ketones is 2. The van der Waals surface area contributed by atoms with Gasteiger partial charge >= 0.3 is 0 Å². The molecule has 15 heavy (non-hydrogen) atoms. The van der Waals surface area contributed by atoms with Gasteiger partial charge < -0.3 is 0 Å². The van der Waals surface area contributed by atoms with Crippen LogP contribution < -0.4 is 0 Å². The van der Waals surface area contributed by atoms with Crippen LogP contribution in [-0.2, 0) is 9.59 Å². The third-order valence-electron chi connectivity index (χ3n) is 4.05. The van der Waals surface area contributed by atoms with Crippen LogP contribution >= 0.6 is 0 Å².